The van der Waals surface area contributed by atoms with Crippen molar-refractivity contribution in [3.63, 3.8) is 0 Å². The number of nitrogens with one attached hydrogen (secondary N) is 1. The minimum absolute atomic E-state index is 0.242. The molecule has 0 spiro atoms. The van der Waals surface area contributed by atoms with Crippen molar-refractivity contribution in [2.75, 3.05) is 20.3 Å². The van der Waals surface area contributed by atoms with Gasteiger partial charge in [0.25, 0.3) is 5.91 Å². The van der Waals surface area contributed by atoms with Crippen molar-refractivity contribution < 1.29 is 14.3 Å². The summed E-state index contributed by atoms with van der Waals surface area (Å²) in [5.41, 5.74) is 7.38. The normalized spacial score (nSPS) is 10.5. The van der Waals surface area contributed by atoms with Gasteiger partial charge in [-0.1, -0.05) is 11.6 Å². The second-order valence-corrected chi connectivity index (χ2v) is 6.11. The van der Waals surface area contributed by atoms with E-state index in [-0.39, 0.29) is 6.61 Å². The van der Waals surface area contributed by atoms with Crippen LogP contribution in [0.3, 0.4) is 0 Å². The SMILES string of the molecule is COc1cc(CNCCc2ccsc2)cc(Cl)c1OCC(N)=O. The van der Waals surface area contributed by atoms with E-state index in [1.165, 1.54) is 12.7 Å². The molecule has 23 heavy (non-hydrogen) atoms. The van der Waals surface area contributed by atoms with Crippen molar-refractivity contribution in [3.05, 3.63) is 45.1 Å². The first-order chi connectivity index (χ1) is 11.1. The Hall–Kier alpha value is -1.76. The highest BCUT2D eigenvalue weighted by molar-refractivity contribution is 7.07. The molecule has 2 aromatic rings. The van der Waals surface area contributed by atoms with Gasteiger partial charge in [-0.05, 0) is 53.1 Å². The fraction of sp³-hybridized carbons (Fsp3) is 0.312. The Balaban J connectivity index is 1.94. The summed E-state index contributed by atoms with van der Waals surface area (Å²) < 4.78 is 10.6. The smallest absolute Gasteiger partial charge is 0.255 e. The third kappa shape index (κ3) is 5.42. The number of nitrogens with two attached hydrogens (primary N) is 1. The summed E-state index contributed by atoms with van der Waals surface area (Å²) in [6.07, 6.45) is 0.980. The molecule has 5 nitrogen and oxygen atoms in total. The monoisotopic (exact) mass is 354 g/mol. The number of carbonyl (C=O) groups is 1. The fourth-order valence-corrected chi connectivity index (χ4v) is 3.05. The van der Waals surface area contributed by atoms with Crippen molar-refractivity contribution >= 4 is 28.8 Å². The van der Waals surface area contributed by atoms with Gasteiger partial charge in [-0.2, -0.15) is 11.3 Å². The van der Waals surface area contributed by atoms with Crippen LogP contribution in [0.2, 0.25) is 5.02 Å². The van der Waals surface area contributed by atoms with E-state index in [0.29, 0.717) is 23.1 Å². The molecule has 0 bridgehead atoms. The van der Waals surface area contributed by atoms with Gasteiger partial charge < -0.3 is 20.5 Å². The van der Waals surface area contributed by atoms with Crippen LogP contribution in [0.5, 0.6) is 11.5 Å². The Morgan fingerprint density at radius 1 is 1.39 bits per heavy atom. The molecule has 0 atom stereocenters. The summed E-state index contributed by atoms with van der Waals surface area (Å²) in [5, 5.41) is 7.97. The van der Waals surface area contributed by atoms with Crippen LogP contribution in [-0.2, 0) is 17.8 Å². The molecule has 0 unspecified atom stereocenters. The van der Waals surface area contributed by atoms with Crippen molar-refractivity contribution in [3.8, 4) is 11.5 Å². The topological polar surface area (TPSA) is 73.6 Å². The molecule has 0 radical (unpaired) electrons. The Bertz CT molecular complexity index is 647. The number of hydrogen-bond donors (Lipinski definition) is 2. The van der Waals surface area contributed by atoms with E-state index in [2.05, 4.69) is 22.1 Å². The number of methoxy groups -OCH3 is 1. The lowest BCUT2D eigenvalue weighted by atomic mass is 10.2. The molecule has 1 aromatic heterocycles. The standard InChI is InChI=1S/C16H19ClN2O3S/c1-21-14-7-12(6-13(17)16(14)22-9-15(18)20)8-19-4-2-11-3-5-23-10-11/h3,5-7,10,19H,2,4,8-9H2,1H3,(H2,18,20). The van der Waals surface area contributed by atoms with Crippen LogP contribution in [0.4, 0.5) is 0 Å². The predicted molar refractivity (Wildman–Crippen MR) is 92.4 cm³/mol. The van der Waals surface area contributed by atoms with Crippen molar-refractivity contribution in [1.29, 1.82) is 0 Å². The molecule has 1 amide bonds. The third-order valence-corrected chi connectivity index (χ3v) is 4.16. The van der Waals surface area contributed by atoms with Crippen molar-refractivity contribution in [1.82, 2.24) is 5.32 Å². The highest BCUT2D eigenvalue weighted by Gasteiger charge is 2.13. The first-order valence-electron chi connectivity index (χ1n) is 7.09. The van der Waals surface area contributed by atoms with Gasteiger partial charge >= 0.3 is 0 Å². The highest BCUT2D eigenvalue weighted by atomic mass is 35.5. The van der Waals surface area contributed by atoms with Gasteiger partial charge in [0.1, 0.15) is 0 Å². The first-order valence-corrected chi connectivity index (χ1v) is 8.41. The highest BCUT2D eigenvalue weighted by Crippen LogP contribution is 2.36. The molecule has 7 heteroatoms. The Labute approximate surface area is 144 Å². The maximum absolute atomic E-state index is 10.8. The minimum atomic E-state index is -0.567. The predicted octanol–water partition coefficient (Wildman–Crippen LogP) is 2.61. The summed E-state index contributed by atoms with van der Waals surface area (Å²) in [5.74, 6) is 0.241. The van der Waals surface area contributed by atoms with Gasteiger partial charge in [-0.3, -0.25) is 4.79 Å². The lowest BCUT2D eigenvalue weighted by Crippen LogP contribution is -2.20. The van der Waals surface area contributed by atoms with Gasteiger partial charge in [0.05, 0.1) is 12.1 Å². The van der Waals surface area contributed by atoms with E-state index >= 15 is 0 Å². The third-order valence-electron chi connectivity index (χ3n) is 3.15. The molecule has 0 aliphatic carbocycles. The molecular weight excluding hydrogens is 336 g/mol. The maximum Gasteiger partial charge on any atom is 0.255 e. The zero-order valence-corrected chi connectivity index (χ0v) is 14.4. The number of primary amides is 1. The Morgan fingerprint density at radius 3 is 2.87 bits per heavy atom. The number of carbonyl (C=O) groups excluding carboxylic acids is 1. The Kier molecular flexibility index (Phi) is 6.70. The average molecular weight is 355 g/mol. The second-order valence-electron chi connectivity index (χ2n) is 4.92. The maximum atomic E-state index is 10.8. The summed E-state index contributed by atoms with van der Waals surface area (Å²) >= 11 is 7.91. The van der Waals surface area contributed by atoms with E-state index in [0.717, 1.165) is 18.5 Å². The number of thiophene rings is 1. The van der Waals surface area contributed by atoms with Gasteiger partial charge in [0, 0.05) is 6.54 Å². The van der Waals surface area contributed by atoms with Gasteiger partial charge in [0.2, 0.25) is 0 Å². The lowest BCUT2D eigenvalue weighted by Gasteiger charge is -2.13. The lowest BCUT2D eigenvalue weighted by molar-refractivity contribution is -0.119. The Morgan fingerprint density at radius 2 is 2.22 bits per heavy atom. The molecule has 0 saturated carbocycles. The number of halogens is 1. The van der Waals surface area contributed by atoms with Crippen molar-refractivity contribution in [2.45, 2.75) is 13.0 Å². The zero-order valence-electron chi connectivity index (χ0n) is 12.8. The number of ether oxygens (including phenoxy) is 2. The molecule has 1 aromatic carbocycles. The van der Waals surface area contributed by atoms with Gasteiger partial charge in [0.15, 0.2) is 18.1 Å². The van der Waals surface area contributed by atoms with E-state index in [9.17, 15) is 4.79 Å². The second kappa shape index (κ2) is 8.76. The van der Waals surface area contributed by atoms with Crippen LogP contribution < -0.4 is 20.5 Å². The fourth-order valence-electron chi connectivity index (χ4n) is 2.06. The quantitative estimate of drug-likeness (QED) is 0.679. The molecule has 124 valence electrons. The minimum Gasteiger partial charge on any atom is -0.493 e. The molecule has 2 rings (SSSR count). The zero-order chi connectivity index (χ0) is 16.7. The molecule has 0 aliphatic heterocycles. The summed E-state index contributed by atoms with van der Waals surface area (Å²) in [6.45, 7) is 1.29. The van der Waals surface area contributed by atoms with Crippen LogP contribution >= 0.6 is 22.9 Å². The largest absolute Gasteiger partial charge is 0.493 e. The first kappa shape index (κ1) is 17.6. The molecular formula is C16H19ClN2O3S. The van der Waals surface area contributed by atoms with Crippen LogP contribution in [0.1, 0.15) is 11.1 Å². The van der Waals surface area contributed by atoms with E-state index < -0.39 is 5.91 Å². The van der Waals surface area contributed by atoms with E-state index in [1.807, 2.05) is 6.07 Å². The van der Waals surface area contributed by atoms with Crippen LogP contribution in [0.15, 0.2) is 29.0 Å². The van der Waals surface area contributed by atoms with Gasteiger partial charge in [-0.15, -0.1) is 0 Å². The number of hydrogen-bond acceptors (Lipinski definition) is 5. The van der Waals surface area contributed by atoms with Crippen LogP contribution in [0.25, 0.3) is 0 Å². The number of benzene rings is 1. The van der Waals surface area contributed by atoms with Crippen LogP contribution in [0, 0.1) is 0 Å². The molecule has 1 heterocycles. The summed E-state index contributed by atoms with van der Waals surface area (Å²) in [6, 6.07) is 5.74. The van der Waals surface area contributed by atoms with E-state index in [4.69, 9.17) is 26.8 Å². The summed E-state index contributed by atoms with van der Waals surface area (Å²) in [7, 11) is 1.52. The summed E-state index contributed by atoms with van der Waals surface area (Å²) in [4.78, 5) is 10.8. The molecule has 0 saturated heterocycles. The molecule has 3 N–H and O–H groups in total. The molecule has 0 aliphatic rings. The van der Waals surface area contributed by atoms with Crippen LogP contribution in [-0.4, -0.2) is 26.2 Å². The average Bonchev–Trinajstić information content (AvgIpc) is 3.03. The number of rotatable bonds is 9. The number of amides is 1. The van der Waals surface area contributed by atoms with Crippen molar-refractivity contribution in [2.24, 2.45) is 5.73 Å². The molecule has 0 fully saturated rings. The van der Waals surface area contributed by atoms with E-state index in [1.54, 1.807) is 17.4 Å². The van der Waals surface area contributed by atoms with Gasteiger partial charge in [-0.25, -0.2) is 0 Å².